The minimum Gasteiger partial charge on any atom is -0.206 e. The van der Waals surface area contributed by atoms with Crippen molar-refractivity contribution in [2.45, 2.75) is 19.0 Å². The molecule has 0 bridgehead atoms. The zero-order chi connectivity index (χ0) is 16.4. The summed E-state index contributed by atoms with van der Waals surface area (Å²) in [5, 5.41) is 2.25. The molecule has 0 aromatic heterocycles. The first-order valence-electron chi connectivity index (χ1n) is 7.27. The standard InChI is InChI=1S/C19H14F4/c20-18-12-14(8-10-17(18)19(21,22)23)6-5-13-7-9-15-3-1-2-4-16(15)11-13/h1-4,7-12H,5-6H2. The number of hydrogen-bond donors (Lipinski definition) is 0. The van der Waals surface area contributed by atoms with Crippen LogP contribution in [-0.4, -0.2) is 0 Å². The molecule has 0 saturated carbocycles. The summed E-state index contributed by atoms with van der Waals surface area (Å²) in [4.78, 5) is 0. The first-order chi connectivity index (χ1) is 10.9. The average Bonchev–Trinajstić information content (AvgIpc) is 2.51. The Bertz CT molecular complexity index is 834. The lowest BCUT2D eigenvalue weighted by Gasteiger charge is -2.09. The predicted octanol–water partition coefficient (Wildman–Crippen LogP) is 5.78. The second kappa shape index (κ2) is 6.03. The largest absolute Gasteiger partial charge is 0.419 e. The molecule has 0 spiro atoms. The number of fused-ring (bicyclic) bond motifs is 1. The van der Waals surface area contributed by atoms with E-state index in [4.69, 9.17) is 0 Å². The smallest absolute Gasteiger partial charge is 0.206 e. The minimum absolute atomic E-state index is 0.493. The molecule has 0 N–H and O–H groups in total. The van der Waals surface area contributed by atoms with E-state index in [0.717, 1.165) is 28.5 Å². The van der Waals surface area contributed by atoms with Crippen LogP contribution in [0.2, 0.25) is 0 Å². The maximum absolute atomic E-state index is 13.6. The summed E-state index contributed by atoms with van der Waals surface area (Å²) in [7, 11) is 0. The van der Waals surface area contributed by atoms with Crippen molar-refractivity contribution < 1.29 is 17.6 Å². The third kappa shape index (κ3) is 3.52. The van der Waals surface area contributed by atoms with Crippen LogP contribution < -0.4 is 0 Å². The highest BCUT2D eigenvalue weighted by atomic mass is 19.4. The summed E-state index contributed by atoms with van der Waals surface area (Å²) >= 11 is 0. The van der Waals surface area contributed by atoms with Gasteiger partial charge in [-0.1, -0.05) is 48.5 Å². The lowest BCUT2D eigenvalue weighted by atomic mass is 10.0. The lowest BCUT2D eigenvalue weighted by Crippen LogP contribution is -2.08. The first kappa shape index (κ1) is 15.5. The molecule has 0 nitrogen and oxygen atoms in total. The second-order valence-corrected chi connectivity index (χ2v) is 5.49. The summed E-state index contributed by atoms with van der Waals surface area (Å²) in [6, 6.07) is 17.1. The molecular formula is C19H14F4. The second-order valence-electron chi connectivity index (χ2n) is 5.49. The number of rotatable bonds is 3. The first-order valence-corrected chi connectivity index (χ1v) is 7.27. The Morgan fingerprint density at radius 1 is 0.696 bits per heavy atom. The van der Waals surface area contributed by atoms with Crippen LogP contribution in [-0.2, 0) is 19.0 Å². The van der Waals surface area contributed by atoms with E-state index in [0.29, 0.717) is 18.4 Å². The van der Waals surface area contributed by atoms with Gasteiger partial charge in [0.15, 0.2) is 0 Å². The fourth-order valence-electron chi connectivity index (χ4n) is 2.63. The number of benzene rings is 3. The summed E-state index contributed by atoms with van der Waals surface area (Å²) in [5.41, 5.74) is 0.416. The molecule has 0 amide bonds. The third-order valence-corrected chi connectivity index (χ3v) is 3.86. The SMILES string of the molecule is Fc1cc(CCc2ccc3ccccc3c2)ccc1C(F)(F)F. The van der Waals surface area contributed by atoms with Crippen LogP contribution >= 0.6 is 0 Å². The molecule has 23 heavy (non-hydrogen) atoms. The van der Waals surface area contributed by atoms with E-state index in [9.17, 15) is 17.6 Å². The summed E-state index contributed by atoms with van der Waals surface area (Å²) in [5.74, 6) is -1.21. The summed E-state index contributed by atoms with van der Waals surface area (Å²) < 4.78 is 51.2. The van der Waals surface area contributed by atoms with Crippen LogP contribution in [0.3, 0.4) is 0 Å². The van der Waals surface area contributed by atoms with Gasteiger partial charge in [-0.05, 0) is 46.9 Å². The van der Waals surface area contributed by atoms with Gasteiger partial charge < -0.3 is 0 Å². The highest BCUT2D eigenvalue weighted by molar-refractivity contribution is 5.82. The van der Waals surface area contributed by atoms with Crippen LogP contribution in [0.25, 0.3) is 10.8 Å². The monoisotopic (exact) mass is 318 g/mol. The van der Waals surface area contributed by atoms with Gasteiger partial charge in [-0.15, -0.1) is 0 Å². The van der Waals surface area contributed by atoms with Crippen molar-refractivity contribution in [3.05, 3.63) is 83.2 Å². The Morgan fingerprint density at radius 2 is 1.30 bits per heavy atom. The molecule has 0 atom stereocenters. The molecule has 0 unspecified atom stereocenters. The zero-order valence-electron chi connectivity index (χ0n) is 12.2. The van der Waals surface area contributed by atoms with Gasteiger partial charge in [0.25, 0.3) is 0 Å². The van der Waals surface area contributed by atoms with Crippen molar-refractivity contribution >= 4 is 10.8 Å². The highest BCUT2D eigenvalue weighted by Crippen LogP contribution is 2.31. The normalized spacial score (nSPS) is 11.8. The van der Waals surface area contributed by atoms with E-state index in [-0.39, 0.29) is 0 Å². The topological polar surface area (TPSA) is 0 Å². The predicted molar refractivity (Wildman–Crippen MR) is 82.8 cm³/mol. The number of alkyl halides is 3. The van der Waals surface area contributed by atoms with Crippen LogP contribution in [0, 0.1) is 5.82 Å². The fraction of sp³-hybridized carbons (Fsp3) is 0.158. The van der Waals surface area contributed by atoms with E-state index in [2.05, 4.69) is 6.07 Å². The molecule has 0 fully saturated rings. The van der Waals surface area contributed by atoms with E-state index >= 15 is 0 Å². The van der Waals surface area contributed by atoms with Gasteiger partial charge in [0.1, 0.15) is 5.82 Å². The van der Waals surface area contributed by atoms with E-state index < -0.39 is 17.6 Å². The number of halogens is 4. The molecule has 0 heterocycles. The summed E-state index contributed by atoms with van der Waals surface area (Å²) in [6.07, 6.45) is -3.51. The van der Waals surface area contributed by atoms with Crippen molar-refractivity contribution in [2.75, 3.05) is 0 Å². The van der Waals surface area contributed by atoms with E-state index in [1.54, 1.807) is 0 Å². The molecule has 0 aliphatic rings. The Labute approximate surface area is 131 Å². The molecule has 3 aromatic rings. The van der Waals surface area contributed by atoms with Crippen LogP contribution in [0.1, 0.15) is 16.7 Å². The van der Waals surface area contributed by atoms with Crippen molar-refractivity contribution in [1.29, 1.82) is 0 Å². The lowest BCUT2D eigenvalue weighted by molar-refractivity contribution is -0.140. The molecule has 0 aliphatic heterocycles. The van der Waals surface area contributed by atoms with Crippen molar-refractivity contribution in [1.82, 2.24) is 0 Å². The number of hydrogen-bond acceptors (Lipinski definition) is 0. The van der Waals surface area contributed by atoms with Gasteiger partial charge in [0.05, 0.1) is 5.56 Å². The fourth-order valence-corrected chi connectivity index (χ4v) is 2.63. The van der Waals surface area contributed by atoms with Gasteiger partial charge in [-0.3, -0.25) is 0 Å². The third-order valence-electron chi connectivity index (χ3n) is 3.86. The molecular weight excluding hydrogens is 304 g/mol. The van der Waals surface area contributed by atoms with E-state index in [1.165, 1.54) is 6.07 Å². The van der Waals surface area contributed by atoms with Crippen molar-refractivity contribution in [2.24, 2.45) is 0 Å². The molecule has 3 aromatic carbocycles. The van der Waals surface area contributed by atoms with Gasteiger partial charge in [0.2, 0.25) is 0 Å². The minimum atomic E-state index is -4.65. The molecule has 0 aliphatic carbocycles. The van der Waals surface area contributed by atoms with Gasteiger partial charge >= 0.3 is 6.18 Å². The Balaban J connectivity index is 1.75. The van der Waals surface area contributed by atoms with Crippen molar-refractivity contribution in [3.8, 4) is 0 Å². The van der Waals surface area contributed by atoms with Gasteiger partial charge in [-0.2, -0.15) is 13.2 Å². The van der Waals surface area contributed by atoms with Crippen LogP contribution in [0.15, 0.2) is 60.7 Å². The Morgan fingerprint density at radius 3 is 1.96 bits per heavy atom. The molecule has 4 heteroatoms. The Hall–Kier alpha value is -2.36. The maximum Gasteiger partial charge on any atom is 0.419 e. The van der Waals surface area contributed by atoms with Crippen LogP contribution in [0.4, 0.5) is 17.6 Å². The molecule has 118 valence electrons. The summed E-state index contributed by atoms with van der Waals surface area (Å²) in [6.45, 7) is 0. The maximum atomic E-state index is 13.6. The molecule has 0 saturated heterocycles. The molecule has 0 radical (unpaired) electrons. The highest BCUT2D eigenvalue weighted by Gasteiger charge is 2.33. The Kier molecular flexibility index (Phi) is 4.07. The molecule has 3 rings (SSSR count). The van der Waals surface area contributed by atoms with Gasteiger partial charge in [0, 0.05) is 0 Å². The average molecular weight is 318 g/mol. The zero-order valence-corrected chi connectivity index (χ0v) is 12.2. The van der Waals surface area contributed by atoms with Crippen LogP contribution in [0.5, 0.6) is 0 Å². The van der Waals surface area contributed by atoms with Gasteiger partial charge in [-0.25, -0.2) is 4.39 Å². The number of aryl methyl sites for hydroxylation is 2. The van der Waals surface area contributed by atoms with E-state index in [1.807, 2.05) is 36.4 Å². The quantitative estimate of drug-likeness (QED) is 0.537. The van der Waals surface area contributed by atoms with Crippen molar-refractivity contribution in [3.63, 3.8) is 0 Å².